The smallest absolute Gasteiger partial charge is 0.317 e. The Morgan fingerprint density at radius 3 is 2.47 bits per heavy atom. The number of carbonyl (C=O) groups excluding carboxylic acids is 2. The Balaban J connectivity index is 1.48. The Bertz CT molecular complexity index is 1200. The van der Waals surface area contributed by atoms with Gasteiger partial charge in [0.15, 0.2) is 0 Å². The SMILES string of the molecule is CCOC(=O)C1(COc2cnc(-c3ccc(Cl)cc3)cn2)CCN(C(=O)c2ccccc2OCC)C1. The van der Waals surface area contributed by atoms with Gasteiger partial charge < -0.3 is 19.1 Å². The van der Waals surface area contributed by atoms with Gasteiger partial charge in [0.1, 0.15) is 17.8 Å². The fraction of sp³-hybridized carbons (Fsp3) is 0.333. The van der Waals surface area contributed by atoms with Gasteiger partial charge in [0.2, 0.25) is 5.88 Å². The maximum atomic E-state index is 13.3. The van der Waals surface area contributed by atoms with Crippen LogP contribution in [0.4, 0.5) is 0 Å². The van der Waals surface area contributed by atoms with Gasteiger partial charge in [0.05, 0.1) is 36.9 Å². The summed E-state index contributed by atoms with van der Waals surface area (Å²) in [5.74, 6) is 0.204. The number of carbonyl (C=O) groups is 2. The topological polar surface area (TPSA) is 90.9 Å². The summed E-state index contributed by atoms with van der Waals surface area (Å²) >= 11 is 5.95. The summed E-state index contributed by atoms with van der Waals surface area (Å²) in [6.45, 7) is 4.87. The van der Waals surface area contributed by atoms with Crippen LogP contribution < -0.4 is 9.47 Å². The molecule has 2 aromatic carbocycles. The zero-order valence-corrected chi connectivity index (χ0v) is 21.0. The van der Waals surface area contributed by atoms with E-state index in [1.807, 2.05) is 25.1 Å². The van der Waals surface area contributed by atoms with E-state index in [2.05, 4.69) is 9.97 Å². The minimum atomic E-state index is -1.01. The molecule has 1 unspecified atom stereocenters. The molecule has 3 aromatic rings. The molecule has 0 aliphatic carbocycles. The molecule has 0 spiro atoms. The average molecular weight is 510 g/mol. The molecule has 4 rings (SSSR count). The van der Waals surface area contributed by atoms with Gasteiger partial charge in [-0.15, -0.1) is 0 Å². The van der Waals surface area contributed by atoms with Crippen molar-refractivity contribution in [2.24, 2.45) is 5.41 Å². The highest BCUT2D eigenvalue weighted by molar-refractivity contribution is 6.30. The lowest BCUT2D eigenvalue weighted by Gasteiger charge is -2.27. The summed E-state index contributed by atoms with van der Waals surface area (Å²) in [5, 5.41) is 0.640. The number of halogens is 1. The van der Waals surface area contributed by atoms with Crippen molar-refractivity contribution >= 4 is 23.5 Å². The van der Waals surface area contributed by atoms with E-state index < -0.39 is 11.4 Å². The van der Waals surface area contributed by atoms with Crippen molar-refractivity contribution in [3.8, 4) is 22.9 Å². The maximum Gasteiger partial charge on any atom is 0.317 e. The Labute approximate surface area is 215 Å². The van der Waals surface area contributed by atoms with Crippen LogP contribution in [0.25, 0.3) is 11.3 Å². The van der Waals surface area contributed by atoms with Crippen LogP contribution in [0.15, 0.2) is 60.9 Å². The summed E-state index contributed by atoms with van der Waals surface area (Å²) in [6.07, 6.45) is 3.52. The molecule has 0 radical (unpaired) electrons. The number of benzene rings is 2. The molecule has 0 saturated carbocycles. The van der Waals surface area contributed by atoms with Crippen LogP contribution in [0.1, 0.15) is 30.6 Å². The molecule has 0 N–H and O–H groups in total. The average Bonchev–Trinajstić information content (AvgIpc) is 3.34. The van der Waals surface area contributed by atoms with Crippen LogP contribution in [0.2, 0.25) is 5.02 Å². The predicted molar refractivity (Wildman–Crippen MR) is 135 cm³/mol. The van der Waals surface area contributed by atoms with E-state index in [0.717, 1.165) is 5.56 Å². The number of para-hydroxylation sites is 1. The highest BCUT2D eigenvalue weighted by Crippen LogP contribution is 2.35. The third-order valence-electron chi connectivity index (χ3n) is 6.03. The summed E-state index contributed by atoms with van der Waals surface area (Å²) in [5.41, 5.74) is 0.995. The van der Waals surface area contributed by atoms with Crippen molar-refractivity contribution in [3.63, 3.8) is 0 Å². The zero-order chi connectivity index (χ0) is 25.5. The van der Waals surface area contributed by atoms with E-state index in [4.69, 9.17) is 25.8 Å². The van der Waals surface area contributed by atoms with Crippen LogP contribution in [-0.4, -0.2) is 59.7 Å². The largest absolute Gasteiger partial charge is 0.493 e. The van der Waals surface area contributed by atoms with E-state index in [1.165, 1.54) is 6.20 Å². The Kier molecular flexibility index (Phi) is 8.05. The molecule has 1 aliphatic rings. The second-order valence-corrected chi connectivity index (χ2v) is 8.88. The lowest BCUT2D eigenvalue weighted by Crippen LogP contribution is -2.42. The lowest BCUT2D eigenvalue weighted by atomic mass is 9.88. The molecule has 9 heteroatoms. The van der Waals surface area contributed by atoms with Gasteiger partial charge in [-0.1, -0.05) is 35.9 Å². The standard InChI is InChI=1S/C27H28ClN3O5/c1-3-34-23-8-6-5-7-21(23)25(32)31-14-13-27(17-31,26(33)35-4-2)18-36-24-16-29-22(15-30-24)19-9-11-20(28)12-10-19/h5-12,15-16H,3-4,13-14,17-18H2,1-2H3. The fourth-order valence-corrected chi connectivity index (χ4v) is 4.27. The highest BCUT2D eigenvalue weighted by Gasteiger charge is 2.48. The van der Waals surface area contributed by atoms with Gasteiger partial charge in [0, 0.05) is 23.7 Å². The Hall–Kier alpha value is -3.65. The molecule has 1 aromatic heterocycles. The van der Waals surface area contributed by atoms with Crippen LogP contribution in [-0.2, 0) is 9.53 Å². The van der Waals surface area contributed by atoms with E-state index in [0.29, 0.717) is 41.6 Å². The number of hydrogen-bond donors (Lipinski definition) is 0. The summed E-state index contributed by atoms with van der Waals surface area (Å²) < 4.78 is 16.9. The van der Waals surface area contributed by atoms with Crippen LogP contribution in [0.5, 0.6) is 11.6 Å². The first-order valence-electron chi connectivity index (χ1n) is 11.8. The number of ether oxygens (including phenoxy) is 3. The second-order valence-electron chi connectivity index (χ2n) is 8.44. The minimum absolute atomic E-state index is 0.0116. The van der Waals surface area contributed by atoms with E-state index in [1.54, 1.807) is 48.4 Å². The molecule has 1 atom stereocenters. The molecule has 1 aliphatic heterocycles. The van der Waals surface area contributed by atoms with Gasteiger partial charge in [0.25, 0.3) is 5.91 Å². The number of nitrogens with zero attached hydrogens (tertiary/aromatic N) is 3. The quantitative estimate of drug-likeness (QED) is 0.387. The molecular formula is C27H28ClN3O5. The third-order valence-corrected chi connectivity index (χ3v) is 6.28. The predicted octanol–water partition coefficient (Wildman–Crippen LogP) is 4.67. The van der Waals surface area contributed by atoms with Gasteiger partial charge in [-0.3, -0.25) is 9.59 Å². The van der Waals surface area contributed by atoms with Gasteiger partial charge >= 0.3 is 5.97 Å². The van der Waals surface area contributed by atoms with Crippen molar-refractivity contribution in [2.45, 2.75) is 20.3 Å². The Morgan fingerprint density at radius 2 is 1.78 bits per heavy atom. The number of likely N-dealkylation sites (tertiary alicyclic amines) is 1. The fourth-order valence-electron chi connectivity index (χ4n) is 4.14. The molecule has 188 valence electrons. The van der Waals surface area contributed by atoms with Crippen molar-refractivity contribution in [3.05, 3.63) is 71.5 Å². The van der Waals surface area contributed by atoms with E-state index in [9.17, 15) is 9.59 Å². The molecule has 1 amide bonds. The summed E-state index contributed by atoms with van der Waals surface area (Å²) in [4.78, 5) is 36.7. The lowest BCUT2D eigenvalue weighted by molar-refractivity contribution is -0.156. The number of hydrogen-bond acceptors (Lipinski definition) is 7. The third kappa shape index (κ3) is 5.60. The van der Waals surface area contributed by atoms with Crippen molar-refractivity contribution < 1.29 is 23.8 Å². The normalized spacial score (nSPS) is 17.0. The summed E-state index contributed by atoms with van der Waals surface area (Å²) in [7, 11) is 0. The first-order valence-corrected chi connectivity index (χ1v) is 12.2. The van der Waals surface area contributed by atoms with Crippen molar-refractivity contribution in [1.82, 2.24) is 14.9 Å². The molecule has 1 saturated heterocycles. The molecule has 0 bridgehead atoms. The Morgan fingerprint density at radius 1 is 1.00 bits per heavy atom. The maximum absolute atomic E-state index is 13.3. The van der Waals surface area contributed by atoms with Crippen molar-refractivity contribution in [1.29, 1.82) is 0 Å². The number of esters is 1. The zero-order valence-electron chi connectivity index (χ0n) is 20.3. The van der Waals surface area contributed by atoms with Gasteiger partial charge in [-0.2, -0.15) is 0 Å². The second kappa shape index (κ2) is 11.4. The first kappa shape index (κ1) is 25.4. The molecule has 36 heavy (non-hydrogen) atoms. The highest BCUT2D eigenvalue weighted by atomic mass is 35.5. The van der Waals surface area contributed by atoms with Gasteiger partial charge in [-0.05, 0) is 44.5 Å². The van der Waals surface area contributed by atoms with Crippen LogP contribution in [0, 0.1) is 5.41 Å². The minimum Gasteiger partial charge on any atom is -0.493 e. The monoisotopic (exact) mass is 509 g/mol. The van der Waals surface area contributed by atoms with Crippen LogP contribution in [0.3, 0.4) is 0 Å². The summed E-state index contributed by atoms with van der Waals surface area (Å²) in [6, 6.07) is 14.4. The van der Waals surface area contributed by atoms with E-state index in [-0.39, 0.29) is 31.5 Å². The molecule has 1 fully saturated rings. The molecule has 2 heterocycles. The van der Waals surface area contributed by atoms with Crippen LogP contribution >= 0.6 is 11.6 Å². The van der Waals surface area contributed by atoms with E-state index >= 15 is 0 Å². The first-order chi connectivity index (χ1) is 17.5. The molecular weight excluding hydrogens is 482 g/mol. The number of rotatable bonds is 9. The van der Waals surface area contributed by atoms with Crippen molar-refractivity contribution in [2.75, 3.05) is 32.9 Å². The number of amides is 1. The molecule has 8 nitrogen and oxygen atoms in total. The number of aromatic nitrogens is 2. The van der Waals surface area contributed by atoms with Gasteiger partial charge in [-0.25, -0.2) is 9.97 Å².